The molecule has 0 spiro atoms. The van der Waals surface area contributed by atoms with Gasteiger partial charge in [-0.05, 0) is 24.1 Å². The minimum atomic E-state index is -0.215. The van der Waals surface area contributed by atoms with Crippen molar-refractivity contribution in [1.29, 1.82) is 0 Å². The van der Waals surface area contributed by atoms with Crippen molar-refractivity contribution in [2.24, 2.45) is 0 Å². The molecule has 0 aliphatic heterocycles. The van der Waals surface area contributed by atoms with E-state index in [4.69, 9.17) is 5.73 Å². The first-order valence-electron chi connectivity index (χ1n) is 4.24. The molecule has 0 unspecified atom stereocenters. The Labute approximate surface area is 91.4 Å². The second-order valence-electron chi connectivity index (χ2n) is 2.92. The number of aryl methyl sites for hydroxylation is 1. The predicted octanol–water partition coefficient (Wildman–Crippen LogP) is 2.14. The number of rotatable bonds is 3. The first-order chi connectivity index (χ1) is 6.63. The number of methoxy groups -OCH3 is 1. The Balaban J connectivity index is 2.63. The van der Waals surface area contributed by atoms with Gasteiger partial charge in [0.25, 0.3) is 0 Å². The van der Waals surface area contributed by atoms with Crippen LogP contribution in [0.2, 0.25) is 0 Å². The molecule has 4 heteroatoms. The van der Waals surface area contributed by atoms with Gasteiger partial charge in [0.05, 0.1) is 7.11 Å². The lowest BCUT2D eigenvalue weighted by atomic mass is 10.1. The van der Waals surface area contributed by atoms with Gasteiger partial charge in [-0.25, -0.2) is 0 Å². The van der Waals surface area contributed by atoms with Crippen LogP contribution in [0.25, 0.3) is 0 Å². The van der Waals surface area contributed by atoms with Crippen LogP contribution in [0.5, 0.6) is 0 Å². The minimum Gasteiger partial charge on any atom is -0.469 e. The molecule has 1 aromatic rings. The quantitative estimate of drug-likeness (QED) is 0.667. The number of carbonyl (C=O) groups excluding carboxylic acids is 1. The molecule has 0 radical (unpaired) electrons. The van der Waals surface area contributed by atoms with Gasteiger partial charge < -0.3 is 10.5 Å². The molecule has 0 fully saturated rings. The molecule has 0 amide bonds. The Kier molecular flexibility index (Phi) is 3.95. The molecule has 0 atom stereocenters. The number of hydrogen-bond donors (Lipinski definition) is 1. The van der Waals surface area contributed by atoms with Crippen molar-refractivity contribution in [3.8, 4) is 0 Å². The molecule has 0 heterocycles. The zero-order chi connectivity index (χ0) is 10.6. The number of carbonyl (C=O) groups is 1. The van der Waals surface area contributed by atoms with E-state index >= 15 is 0 Å². The molecule has 0 saturated carbocycles. The van der Waals surface area contributed by atoms with Crippen LogP contribution < -0.4 is 5.73 Å². The maximum absolute atomic E-state index is 10.9. The number of esters is 1. The van der Waals surface area contributed by atoms with Crippen LogP contribution in [0.4, 0.5) is 5.69 Å². The molecular formula is C10H12BrNO2. The molecule has 0 aromatic heterocycles. The van der Waals surface area contributed by atoms with Crippen molar-refractivity contribution in [2.45, 2.75) is 12.8 Å². The van der Waals surface area contributed by atoms with Crippen molar-refractivity contribution in [3.05, 3.63) is 28.2 Å². The summed E-state index contributed by atoms with van der Waals surface area (Å²) in [6, 6.07) is 5.64. The summed E-state index contributed by atoms with van der Waals surface area (Å²) in [6.45, 7) is 0. The predicted molar refractivity (Wildman–Crippen MR) is 58.9 cm³/mol. The molecule has 2 N–H and O–H groups in total. The third-order valence-electron chi connectivity index (χ3n) is 1.93. The maximum Gasteiger partial charge on any atom is 0.305 e. The summed E-state index contributed by atoms with van der Waals surface area (Å²) in [5.74, 6) is -0.215. The molecule has 0 saturated heterocycles. The van der Waals surface area contributed by atoms with Crippen LogP contribution in [0.3, 0.4) is 0 Å². The van der Waals surface area contributed by atoms with Crippen LogP contribution in [0, 0.1) is 0 Å². The highest BCUT2D eigenvalue weighted by Crippen LogP contribution is 2.19. The third kappa shape index (κ3) is 3.03. The summed E-state index contributed by atoms with van der Waals surface area (Å²) in [5.41, 5.74) is 7.44. The average molecular weight is 258 g/mol. The van der Waals surface area contributed by atoms with Gasteiger partial charge in [0.2, 0.25) is 0 Å². The van der Waals surface area contributed by atoms with Gasteiger partial charge in [-0.1, -0.05) is 22.0 Å². The van der Waals surface area contributed by atoms with Crippen molar-refractivity contribution < 1.29 is 9.53 Å². The molecule has 1 aromatic carbocycles. The first-order valence-corrected chi connectivity index (χ1v) is 5.03. The van der Waals surface area contributed by atoms with E-state index in [1.165, 1.54) is 7.11 Å². The highest BCUT2D eigenvalue weighted by molar-refractivity contribution is 9.10. The van der Waals surface area contributed by atoms with Crippen LogP contribution in [-0.4, -0.2) is 13.1 Å². The van der Waals surface area contributed by atoms with E-state index in [-0.39, 0.29) is 5.97 Å². The monoisotopic (exact) mass is 257 g/mol. The fourth-order valence-corrected chi connectivity index (χ4v) is 1.51. The molecule has 1 rings (SSSR count). The van der Waals surface area contributed by atoms with Gasteiger partial charge in [0.1, 0.15) is 0 Å². The maximum atomic E-state index is 10.9. The number of halogens is 1. The van der Waals surface area contributed by atoms with Crippen molar-refractivity contribution in [3.63, 3.8) is 0 Å². The van der Waals surface area contributed by atoms with E-state index < -0.39 is 0 Å². The number of ether oxygens (including phenoxy) is 1. The summed E-state index contributed by atoms with van der Waals surface area (Å²) in [5, 5.41) is 0. The zero-order valence-corrected chi connectivity index (χ0v) is 9.50. The standard InChI is InChI=1S/C10H12BrNO2/c1-14-10(13)5-3-7-2-4-8(11)6-9(7)12/h2,4,6H,3,5,12H2,1H3. The number of anilines is 1. The summed E-state index contributed by atoms with van der Waals surface area (Å²) in [4.78, 5) is 10.9. The highest BCUT2D eigenvalue weighted by atomic mass is 79.9. The van der Waals surface area contributed by atoms with Gasteiger partial charge in [-0.3, -0.25) is 4.79 Å². The van der Waals surface area contributed by atoms with Crippen LogP contribution in [0.15, 0.2) is 22.7 Å². The largest absolute Gasteiger partial charge is 0.469 e. The Morgan fingerprint density at radius 3 is 2.86 bits per heavy atom. The average Bonchev–Trinajstić information content (AvgIpc) is 2.16. The Hall–Kier alpha value is -1.03. The van der Waals surface area contributed by atoms with Gasteiger partial charge in [-0.2, -0.15) is 0 Å². The lowest BCUT2D eigenvalue weighted by molar-refractivity contribution is -0.140. The molecule has 0 aliphatic carbocycles. The van der Waals surface area contributed by atoms with E-state index in [0.717, 1.165) is 10.0 Å². The Bertz CT molecular complexity index is 339. The van der Waals surface area contributed by atoms with Crippen LogP contribution >= 0.6 is 15.9 Å². The first kappa shape index (κ1) is 11.0. The topological polar surface area (TPSA) is 52.3 Å². The molecule has 0 bridgehead atoms. The number of nitrogen functional groups attached to an aromatic ring is 1. The highest BCUT2D eigenvalue weighted by Gasteiger charge is 2.04. The van der Waals surface area contributed by atoms with Gasteiger partial charge in [0, 0.05) is 16.6 Å². The Morgan fingerprint density at radius 2 is 2.29 bits per heavy atom. The number of benzene rings is 1. The Morgan fingerprint density at radius 1 is 1.57 bits per heavy atom. The van der Waals surface area contributed by atoms with Crippen molar-refractivity contribution in [2.75, 3.05) is 12.8 Å². The molecule has 0 aliphatic rings. The smallest absolute Gasteiger partial charge is 0.305 e. The van der Waals surface area contributed by atoms with E-state index in [1.54, 1.807) is 0 Å². The normalized spacial score (nSPS) is 9.86. The fourth-order valence-electron chi connectivity index (χ4n) is 1.13. The van der Waals surface area contributed by atoms with Gasteiger partial charge in [0.15, 0.2) is 0 Å². The lowest BCUT2D eigenvalue weighted by Gasteiger charge is -2.04. The number of hydrogen-bond acceptors (Lipinski definition) is 3. The molecule has 76 valence electrons. The van der Waals surface area contributed by atoms with E-state index in [9.17, 15) is 4.79 Å². The van der Waals surface area contributed by atoms with Crippen LogP contribution in [-0.2, 0) is 16.0 Å². The second kappa shape index (κ2) is 5.00. The summed E-state index contributed by atoms with van der Waals surface area (Å²) < 4.78 is 5.49. The SMILES string of the molecule is COC(=O)CCc1ccc(Br)cc1N. The molecule has 14 heavy (non-hydrogen) atoms. The summed E-state index contributed by atoms with van der Waals surface area (Å²) >= 11 is 3.32. The van der Waals surface area contributed by atoms with Gasteiger partial charge >= 0.3 is 5.97 Å². The summed E-state index contributed by atoms with van der Waals surface area (Å²) in [6.07, 6.45) is 0.980. The lowest BCUT2D eigenvalue weighted by Crippen LogP contribution is -2.03. The summed E-state index contributed by atoms with van der Waals surface area (Å²) in [7, 11) is 1.38. The van der Waals surface area contributed by atoms with E-state index in [0.29, 0.717) is 18.5 Å². The number of nitrogens with two attached hydrogens (primary N) is 1. The van der Waals surface area contributed by atoms with E-state index in [1.807, 2.05) is 18.2 Å². The molecule has 3 nitrogen and oxygen atoms in total. The zero-order valence-electron chi connectivity index (χ0n) is 7.92. The van der Waals surface area contributed by atoms with Gasteiger partial charge in [-0.15, -0.1) is 0 Å². The molecular weight excluding hydrogens is 246 g/mol. The van der Waals surface area contributed by atoms with Crippen molar-refractivity contribution >= 4 is 27.6 Å². The second-order valence-corrected chi connectivity index (χ2v) is 3.83. The third-order valence-corrected chi connectivity index (χ3v) is 2.43. The van der Waals surface area contributed by atoms with E-state index in [2.05, 4.69) is 20.7 Å². The van der Waals surface area contributed by atoms with Crippen molar-refractivity contribution in [1.82, 2.24) is 0 Å². The van der Waals surface area contributed by atoms with Crippen LogP contribution in [0.1, 0.15) is 12.0 Å². The fraction of sp³-hybridized carbons (Fsp3) is 0.300. The minimum absolute atomic E-state index is 0.215.